The first-order valence-electron chi connectivity index (χ1n) is 3.93. The molecule has 0 aromatic heterocycles. The molecule has 0 aliphatic carbocycles. The topological polar surface area (TPSA) is 289 Å². The van der Waals surface area contributed by atoms with Crippen molar-refractivity contribution in [3.8, 4) is 0 Å². The van der Waals surface area contributed by atoms with Gasteiger partial charge in [0, 0.05) is 6.54 Å². The molecule has 15 N–H and O–H groups in total. The van der Waals surface area contributed by atoms with Crippen molar-refractivity contribution >= 4 is 18.0 Å². The molecular weight excluding hydrogens is 268 g/mol. The number of hydrogen-bond acceptors (Lipinski definition) is 4. The number of aliphatic carboxylic acids is 1. The third-order valence-electron chi connectivity index (χ3n) is 1.42. The van der Waals surface area contributed by atoms with Crippen molar-refractivity contribution in [2.24, 2.45) is 21.5 Å². The molecule has 12 nitrogen and oxygen atoms in total. The predicted molar refractivity (Wildman–Crippen MR) is 67.5 cm³/mol. The first-order chi connectivity index (χ1) is 6.57. The summed E-state index contributed by atoms with van der Waals surface area (Å²) in [6.07, 6.45) is 1.86. The van der Waals surface area contributed by atoms with Gasteiger partial charge in [0.05, 0.1) is 0 Å². The summed E-state index contributed by atoms with van der Waals surface area (Å²) >= 11 is 0. The lowest BCUT2D eigenvalue weighted by Crippen LogP contribution is -2.23. The normalized spacial score (nSPS) is 8.21. The van der Waals surface area contributed by atoms with E-state index in [-0.39, 0.29) is 39.8 Å². The fourth-order valence-electron chi connectivity index (χ4n) is 0.800. The first kappa shape index (κ1) is 36.0. The van der Waals surface area contributed by atoms with E-state index >= 15 is 0 Å². The third-order valence-corrected chi connectivity index (χ3v) is 1.42. The summed E-state index contributed by atoms with van der Waals surface area (Å²) in [5, 5.41) is 8.56. The molecule has 0 amide bonds. The van der Waals surface area contributed by atoms with Crippen LogP contribution in [0.4, 0.5) is 0 Å². The van der Waals surface area contributed by atoms with Crippen LogP contribution in [0.3, 0.4) is 0 Å². The van der Waals surface area contributed by atoms with Gasteiger partial charge < -0.3 is 44.0 Å². The number of carboxylic acid groups (broad SMARTS) is 1. The van der Waals surface area contributed by atoms with Crippen LogP contribution in [-0.4, -0.2) is 63.1 Å². The lowest BCUT2D eigenvalue weighted by Gasteiger charge is -2.02. The summed E-state index contributed by atoms with van der Waals surface area (Å²) < 4.78 is 0. The predicted octanol–water partition coefficient (Wildman–Crippen LogP) is -5.29. The van der Waals surface area contributed by atoms with Crippen LogP contribution < -0.4 is 11.5 Å². The first-order valence-corrected chi connectivity index (χ1v) is 3.93. The number of hydrogen-bond donors (Lipinski definition) is 3. The van der Waals surface area contributed by atoms with Crippen molar-refractivity contribution in [1.82, 2.24) is 0 Å². The summed E-state index contributed by atoms with van der Waals surface area (Å²) in [7, 11) is 0. The monoisotopic (exact) mass is 290 g/mol. The maximum atomic E-state index is 10.5. The number of aliphatic imine (C=N–C) groups is 2. The second-order valence-corrected chi connectivity index (χ2v) is 2.52. The summed E-state index contributed by atoms with van der Waals surface area (Å²) in [6, 6.07) is -1.05. The molecule has 0 aliphatic rings. The molecule has 0 spiro atoms. The largest absolute Gasteiger partial charge is 0.480 e. The van der Waals surface area contributed by atoms with Crippen molar-refractivity contribution in [2.75, 3.05) is 6.54 Å². The molecule has 0 saturated carbocycles. The Morgan fingerprint density at radius 1 is 1.16 bits per heavy atom. The molecule has 0 fully saturated rings. The summed E-state index contributed by atoms with van der Waals surface area (Å²) in [5.74, 6) is -1.20. The van der Waals surface area contributed by atoms with E-state index in [0.717, 1.165) is 0 Å². The maximum Gasteiger partial charge on any atom is 0.329 e. The summed E-state index contributed by atoms with van der Waals surface area (Å²) in [6.45, 7) is 0.320. The van der Waals surface area contributed by atoms with Crippen LogP contribution in [0.5, 0.6) is 0 Å². The van der Waals surface area contributed by atoms with Crippen LogP contribution in [-0.2, 0) is 9.59 Å². The number of isocyanates is 1. The average Bonchev–Trinajstić information content (AvgIpc) is 2.09. The van der Waals surface area contributed by atoms with Gasteiger partial charge in [-0.2, -0.15) is 4.99 Å². The van der Waals surface area contributed by atoms with E-state index in [0.29, 0.717) is 13.0 Å². The minimum absolute atomic E-state index is 0. The minimum atomic E-state index is -1.15. The maximum absolute atomic E-state index is 10.5. The Kier molecular flexibility index (Phi) is 40.2. The van der Waals surface area contributed by atoms with Gasteiger partial charge in [-0.3, -0.25) is 4.99 Å². The molecule has 0 saturated heterocycles. The Balaban J connectivity index is -0.0000000845. The zero-order valence-electron chi connectivity index (χ0n) is 10.0. The van der Waals surface area contributed by atoms with Gasteiger partial charge in [0.15, 0.2) is 12.0 Å². The van der Waals surface area contributed by atoms with Gasteiger partial charge in [-0.1, -0.05) is 0 Å². The molecule has 1 atom stereocenters. The molecule has 0 aromatic rings. The van der Waals surface area contributed by atoms with Gasteiger partial charge in [0.1, 0.15) is 0 Å². The highest BCUT2D eigenvalue weighted by atomic mass is 16.4. The smallest absolute Gasteiger partial charge is 0.329 e. The molecule has 1 unspecified atom stereocenters. The van der Waals surface area contributed by atoms with E-state index in [2.05, 4.69) is 9.98 Å². The van der Waals surface area contributed by atoms with Crippen molar-refractivity contribution in [3.05, 3.63) is 0 Å². The number of nitrogens with zero attached hydrogens (tertiary/aromatic N) is 2. The zero-order valence-corrected chi connectivity index (χ0v) is 10.0. The van der Waals surface area contributed by atoms with E-state index in [1.807, 2.05) is 0 Å². The molecule has 0 aromatic carbocycles. The van der Waals surface area contributed by atoms with Gasteiger partial charge >= 0.3 is 5.97 Å². The van der Waals surface area contributed by atoms with Crippen LogP contribution in [0, 0.1) is 0 Å². The van der Waals surface area contributed by atoms with Gasteiger partial charge in [0.25, 0.3) is 0 Å². The molecule has 0 aliphatic heterocycles. The molecule has 118 valence electrons. The summed E-state index contributed by atoms with van der Waals surface area (Å²) in [5.41, 5.74) is 10.1. The molecular formula is C7H22N4O8. The Morgan fingerprint density at radius 2 is 1.63 bits per heavy atom. The lowest BCUT2D eigenvalue weighted by atomic mass is 10.2. The van der Waals surface area contributed by atoms with E-state index in [9.17, 15) is 9.59 Å². The quantitative estimate of drug-likeness (QED) is 0.186. The third kappa shape index (κ3) is 21.7. The Hall–Kier alpha value is -2.08. The second kappa shape index (κ2) is 21.2. The lowest BCUT2D eigenvalue weighted by molar-refractivity contribution is -0.138. The van der Waals surface area contributed by atoms with Gasteiger partial charge in [-0.05, 0) is 12.8 Å². The van der Waals surface area contributed by atoms with E-state index in [1.54, 1.807) is 0 Å². The van der Waals surface area contributed by atoms with Crippen LogP contribution in [0.25, 0.3) is 0 Å². The number of carbonyl (C=O) groups is 1. The fraction of sp³-hybridized carbons (Fsp3) is 0.571. The van der Waals surface area contributed by atoms with Crippen LogP contribution in [0.2, 0.25) is 0 Å². The molecule has 0 heterocycles. The number of carboxylic acids is 1. The van der Waals surface area contributed by atoms with Crippen LogP contribution >= 0.6 is 0 Å². The van der Waals surface area contributed by atoms with Gasteiger partial charge in [-0.15, -0.1) is 0 Å². The summed E-state index contributed by atoms with van der Waals surface area (Å²) in [4.78, 5) is 27.1. The molecule has 12 heteroatoms. The SMILES string of the molecule is NC(N)=NCCCC(N=C=O)C(=O)O.O.O.O.O.O. The van der Waals surface area contributed by atoms with E-state index in [4.69, 9.17) is 16.6 Å². The second-order valence-electron chi connectivity index (χ2n) is 2.52. The molecule has 0 radical (unpaired) electrons. The standard InChI is InChI=1S/C7H12N4O3.5H2O/c8-7(9)10-3-1-2-5(6(13)14)11-4-12;;;;;/h5H,1-3H2,(H,13,14)(H4,8,9,10);5*1H2. The fourth-order valence-corrected chi connectivity index (χ4v) is 0.800. The highest BCUT2D eigenvalue weighted by molar-refractivity contribution is 5.75. The van der Waals surface area contributed by atoms with Crippen molar-refractivity contribution in [2.45, 2.75) is 18.9 Å². The zero-order chi connectivity index (χ0) is 11.0. The van der Waals surface area contributed by atoms with Crippen molar-refractivity contribution in [1.29, 1.82) is 0 Å². The Bertz CT molecular complexity index is 272. The van der Waals surface area contributed by atoms with Crippen LogP contribution in [0.15, 0.2) is 9.98 Å². The molecule has 0 rings (SSSR count). The van der Waals surface area contributed by atoms with Crippen molar-refractivity contribution < 1.29 is 42.1 Å². The minimum Gasteiger partial charge on any atom is -0.480 e. The van der Waals surface area contributed by atoms with Crippen molar-refractivity contribution in [3.63, 3.8) is 0 Å². The number of nitrogens with two attached hydrogens (primary N) is 2. The Morgan fingerprint density at radius 3 is 1.95 bits per heavy atom. The van der Waals surface area contributed by atoms with Gasteiger partial charge in [-0.25, -0.2) is 9.59 Å². The molecule has 19 heavy (non-hydrogen) atoms. The van der Waals surface area contributed by atoms with Gasteiger partial charge in [0.2, 0.25) is 6.08 Å². The van der Waals surface area contributed by atoms with E-state index < -0.39 is 12.0 Å². The van der Waals surface area contributed by atoms with Crippen LogP contribution in [0.1, 0.15) is 12.8 Å². The Labute approximate surface area is 108 Å². The highest BCUT2D eigenvalue weighted by Gasteiger charge is 2.14. The highest BCUT2D eigenvalue weighted by Crippen LogP contribution is 2.01. The average molecular weight is 290 g/mol. The molecule has 0 bridgehead atoms. The number of carbonyl (C=O) groups excluding carboxylic acids is 1. The van der Waals surface area contributed by atoms with E-state index in [1.165, 1.54) is 6.08 Å². The number of guanidine groups is 1. The number of rotatable bonds is 6.